The minimum Gasteiger partial charge on any atom is -0.225 e. The predicted octanol–water partition coefficient (Wildman–Crippen LogP) is 0.751. The van der Waals surface area contributed by atoms with Crippen molar-refractivity contribution in [3.05, 3.63) is 29.3 Å². The van der Waals surface area contributed by atoms with Crippen LogP contribution in [0.5, 0.6) is 0 Å². The lowest BCUT2D eigenvalue weighted by molar-refractivity contribution is 0.596. The average Bonchev–Trinajstić information content (AvgIpc) is 1.82. The minimum atomic E-state index is -3.60. The largest absolute Gasteiger partial charge is 0.238 e. The molecule has 0 amide bonds. The van der Waals surface area contributed by atoms with Gasteiger partial charge >= 0.3 is 0 Å². The molecule has 0 aromatic heterocycles. The normalized spacial score (nSPS) is 11.6. The van der Waals surface area contributed by atoms with Crippen LogP contribution in [0.3, 0.4) is 0 Å². The summed E-state index contributed by atoms with van der Waals surface area (Å²) in [6.45, 7) is 3.38. The second-order valence-electron chi connectivity index (χ2n) is 2.66. The maximum Gasteiger partial charge on any atom is 0.238 e. The van der Waals surface area contributed by atoms with Gasteiger partial charge in [0.15, 0.2) is 0 Å². The third-order valence-corrected chi connectivity index (χ3v) is 2.81. The molecule has 0 atom stereocenters. The molecule has 0 heterocycles. The SMILES string of the molecule is Cc1[c]ccc(C)c1S(N)(=O)=O. The number of hydrogen-bond acceptors (Lipinski definition) is 2. The topological polar surface area (TPSA) is 60.2 Å². The molecule has 2 N–H and O–H groups in total. The molecule has 12 heavy (non-hydrogen) atoms. The lowest BCUT2D eigenvalue weighted by Gasteiger charge is -2.05. The Labute approximate surface area is 72.3 Å². The molecule has 1 aromatic carbocycles. The van der Waals surface area contributed by atoms with Gasteiger partial charge in [-0.25, -0.2) is 13.6 Å². The highest BCUT2D eigenvalue weighted by atomic mass is 32.2. The molecule has 0 unspecified atom stereocenters. The fraction of sp³-hybridized carbons (Fsp3) is 0.250. The van der Waals surface area contributed by atoms with Crippen molar-refractivity contribution in [3.63, 3.8) is 0 Å². The van der Waals surface area contributed by atoms with Gasteiger partial charge in [-0.1, -0.05) is 12.1 Å². The highest BCUT2D eigenvalue weighted by Crippen LogP contribution is 2.16. The van der Waals surface area contributed by atoms with Gasteiger partial charge in [0.1, 0.15) is 0 Å². The van der Waals surface area contributed by atoms with E-state index in [0.717, 1.165) is 0 Å². The molecule has 0 saturated carbocycles. The summed E-state index contributed by atoms with van der Waals surface area (Å²) in [5.41, 5.74) is 1.23. The third-order valence-electron chi connectivity index (χ3n) is 1.62. The summed E-state index contributed by atoms with van der Waals surface area (Å²) in [4.78, 5) is 0.185. The Morgan fingerprint density at radius 2 is 2.00 bits per heavy atom. The standard InChI is InChI=1S/C8H10NO2S/c1-6-4-3-5-7(2)8(6)12(9,10)11/h3-4H,1-2H3,(H2,9,10,11). The Bertz CT molecular complexity index is 375. The summed E-state index contributed by atoms with van der Waals surface area (Å²) >= 11 is 0. The van der Waals surface area contributed by atoms with Gasteiger partial charge in [-0.05, 0) is 31.0 Å². The molecular formula is C8H10NO2S. The summed E-state index contributed by atoms with van der Waals surface area (Å²) in [5, 5.41) is 5.01. The summed E-state index contributed by atoms with van der Waals surface area (Å²) in [5.74, 6) is 0. The van der Waals surface area contributed by atoms with E-state index < -0.39 is 10.0 Å². The quantitative estimate of drug-likeness (QED) is 0.700. The van der Waals surface area contributed by atoms with Crippen molar-refractivity contribution in [3.8, 4) is 0 Å². The van der Waals surface area contributed by atoms with Gasteiger partial charge in [-0.3, -0.25) is 0 Å². The van der Waals surface area contributed by atoms with Crippen molar-refractivity contribution in [1.29, 1.82) is 0 Å². The number of hydrogen-bond donors (Lipinski definition) is 1. The highest BCUT2D eigenvalue weighted by molar-refractivity contribution is 7.89. The summed E-state index contributed by atoms with van der Waals surface area (Å²) in [7, 11) is -3.60. The van der Waals surface area contributed by atoms with E-state index in [1.807, 2.05) is 0 Å². The Morgan fingerprint density at radius 1 is 1.42 bits per heavy atom. The molecular weight excluding hydrogens is 174 g/mol. The number of sulfonamides is 1. The predicted molar refractivity (Wildman–Crippen MR) is 46.1 cm³/mol. The van der Waals surface area contributed by atoms with E-state index in [1.165, 1.54) is 0 Å². The fourth-order valence-electron chi connectivity index (χ4n) is 1.17. The maximum absolute atomic E-state index is 11.0. The molecule has 0 saturated heterocycles. The van der Waals surface area contributed by atoms with Crippen LogP contribution in [0.15, 0.2) is 17.0 Å². The van der Waals surface area contributed by atoms with Crippen molar-refractivity contribution in [2.45, 2.75) is 18.7 Å². The second-order valence-corrected chi connectivity index (χ2v) is 4.16. The van der Waals surface area contributed by atoms with Crippen LogP contribution in [-0.2, 0) is 10.0 Å². The molecule has 1 aromatic rings. The molecule has 0 aliphatic heterocycles. The zero-order valence-corrected chi connectivity index (χ0v) is 7.77. The zero-order valence-electron chi connectivity index (χ0n) is 6.96. The number of nitrogens with two attached hydrogens (primary N) is 1. The zero-order chi connectivity index (χ0) is 9.35. The van der Waals surface area contributed by atoms with Gasteiger partial charge in [0, 0.05) is 0 Å². The first-order valence-electron chi connectivity index (χ1n) is 3.43. The molecule has 0 aliphatic carbocycles. The van der Waals surface area contributed by atoms with Gasteiger partial charge < -0.3 is 0 Å². The van der Waals surface area contributed by atoms with Gasteiger partial charge in [0.25, 0.3) is 0 Å². The smallest absolute Gasteiger partial charge is 0.225 e. The third kappa shape index (κ3) is 1.65. The van der Waals surface area contributed by atoms with Crippen molar-refractivity contribution in [2.24, 2.45) is 5.14 Å². The average molecular weight is 184 g/mol. The lowest BCUT2D eigenvalue weighted by atomic mass is 10.2. The van der Waals surface area contributed by atoms with Crippen molar-refractivity contribution in [1.82, 2.24) is 0 Å². The van der Waals surface area contributed by atoms with Crippen LogP contribution in [0.25, 0.3) is 0 Å². The first kappa shape index (κ1) is 9.22. The van der Waals surface area contributed by atoms with Crippen LogP contribution in [0.1, 0.15) is 11.1 Å². The van der Waals surface area contributed by atoms with Gasteiger partial charge in [-0.2, -0.15) is 0 Å². The highest BCUT2D eigenvalue weighted by Gasteiger charge is 2.13. The van der Waals surface area contributed by atoms with Crippen LogP contribution >= 0.6 is 0 Å². The Kier molecular flexibility index (Phi) is 2.21. The van der Waals surface area contributed by atoms with Crippen molar-refractivity contribution >= 4 is 10.0 Å². The molecule has 4 heteroatoms. The van der Waals surface area contributed by atoms with Crippen LogP contribution in [-0.4, -0.2) is 8.42 Å². The number of primary sulfonamides is 1. The van der Waals surface area contributed by atoms with Crippen molar-refractivity contribution in [2.75, 3.05) is 0 Å². The van der Waals surface area contributed by atoms with E-state index in [0.29, 0.717) is 11.1 Å². The minimum absolute atomic E-state index is 0.185. The van der Waals surface area contributed by atoms with Crippen LogP contribution in [0.2, 0.25) is 0 Å². The van der Waals surface area contributed by atoms with Crippen LogP contribution in [0.4, 0.5) is 0 Å². The first-order chi connectivity index (χ1) is 5.43. The summed E-state index contributed by atoms with van der Waals surface area (Å²) in [6, 6.07) is 6.14. The number of benzene rings is 1. The Hall–Kier alpha value is -0.870. The van der Waals surface area contributed by atoms with Crippen LogP contribution < -0.4 is 5.14 Å². The van der Waals surface area contributed by atoms with Gasteiger partial charge in [0.2, 0.25) is 10.0 Å². The number of rotatable bonds is 1. The van der Waals surface area contributed by atoms with Gasteiger partial charge in [-0.15, -0.1) is 0 Å². The van der Waals surface area contributed by atoms with E-state index in [4.69, 9.17) is 5.14 Å². The molecule has 1 radical (unpaired) electrons. The van der Waals surface area contributed by atoms with E-state index in [-0.39, 0.29) is 4.90 Å². The molecule has 0 bridgehead atoms. The number of aryl methyl sites for hydroxylation is 2. The molecule has 3 nitrogen and oxygen atoms in total. The lowest BCUT2D eigenvalue weighted by Crippen LogP contribution is -2.15. The molecule has 0 fully saturated rings. The van der Waals surface area contributed by atoms with E-state index in [2.05, 4.69) is 6.07 Å². The molecule has 0 aliphatic rings. The van der Waals surface area contributed by atoms with Gasteiger partial charge in [0.05, 0.1) is 4.90 Å². The monoisotopic (exact) mass is 184 g/mol. The van der Waals surface area contributed by atoms with E-state index in [9.17, 15) is 8.42 Å². The fourth-order valence-corrected chi connectivity index (χ4v) is 2.17. The van der Waals surface area contributed by atoms with E-state index in [1.54, 1.807) is 26.0 Å². The summed E-state index contributed by atoms with van der Waals surface area (Å²) in [6.07, 6.45) is 0. The second kappa shape index (κ2) is 2.88. The maximum atomic E-state index is 11.0. The first-order valence-corrected chi connectivity index (χ1v) is 4.98. The Morgan fingerprint density at radius 3 is 2.33 bits per heavy atom. The molecule has 0 spiro atoms. The summed E-state index contributed by atoms with van der Waals surface area (Å²) < 4.78 is 22.1. The Balaban J connectivity index is 3.53. The molecule has 65 valence electrons. The van der Waals surface area contributed by atoms with E-state index >= 15 is 0 Å². The van der Waals surface area contributed by atoms with Crippen LogP contribution in [0, 0.1) is 19.9 Å². The van der Waals surface area contributed by atoms with Crippen molar-refractivity contribution < 1.29 is 8.42 Å². The molecule has 1 rings (SSSR count).